The average Bonchev–Trinajstić information content (AvgIpc) is 2.67. The van der Waals surface area contributed by atoms with Gasteiger partial charge in [0.15, 0.2) is 0 Å². The van der Waals surface area contributed by atoms with Gasteiger partial charge in [-0.15, -0.1) is 0 Å². The maximum Gasteiger partial charge on any atom is 0.220 e. The summed E-state index contributed by atoms with van der Waals surface area (Å²) in [4.78, 5) is 18.1. The molecule has 1 aliphatic heterocycles. The lowest BCUT2D eigenvalue weighted by Crippen LogP contribution is -2.39. The van der Waals surface area contributed by atoms with Crippen LogP contribution >= 0.6 is 0 Å². The standard InChI is InChI=1S/C19H21N5O/c20-12-14-3-5-17(6-4-14)23-13-16-2-1-9-22-19(16)24-10-7-15(8-11-24)18(21)25/h1-6,9,15,23H,7-8,10-11,13H2,(H2,21,25). The highest BCUT2D eigenvalue weighted by molar-refractivity contribution is 5.77. The van der Waals surface area contributed by atoms with Gasteiger partial charge in [0, 0.05) is 43.0 Å². The number of carbonyl (C=O) groups is 1. The van der Waals surface area contributed by atoms with E-state index in [0.29, 0.717) is 12.1 Å². The van der Waals surface area contributed by atoms with Gasteiger partial charge in [0.2, 0.25) is 5.91 Å². The molecule has 1 fully saturated rings. The monoisotopic (exact) mass is 335 g/mol. The summed E-state index contributed by atoms with van der Waals surface area (Å²) in [5.41, 5.74) is 8.12. The first-order valence-electron chi connectivity index (χ1n) is 8.39. The van der Waals surface area contributed by atoms with Gasteiger partial charge >= 0.3 is 0 Å². The zero-order chi connectivity index (χ0) is 17.6. The van der Waals surface area contributed by atoms with E-state index < -0.39 is 0 Å². The second kappa shape index (κ2) is 7.67. The first-order chi connectivity index (χ1) is 12.2. The number of primary amides is 1. The number of hydrogen-bond donors (Lipinski definition) is 2. The second-order valence-corrected chi connectivity index (χ2v) is 6.19. The van der Waals surface area contributed by atoms with Gasteiger partial charge in [0.05, 0.1) is 11.6 Å². The van der Waals surface area contributed by atoms with Crippen molar-refractivity contribution in [3.8, 4) is 6.07 Å². The number of nitriles is 1. The maximum absolute atomic E-state index is 11.3. The normalized spacial score (nSPS) is 14.8. The number of aromatic nitrogens is 1. The third kappa shape index (κ3) is 4.07. The smallest absolute Gasteiger partial charge is 0.220 e. The van der Waals surface area contributed by atoms with Crippen LogP contribution < -0.4 is 16.0 Å². The van der Waals surface area contributed by atoms with Crippen molar-refractivity contribution >= 4 is 17.4 Å². The Balaban J connectivity index is 1.67. The zero-order valence-electron chi connectivity index (χ0n) is 14.0. The largest absolute Gasteiger partial charge is 0.381 e. The molecule has 0 spiro atoms. The summed E-state index contributed by atoms with van der Waals surface area (Å²) < 4.78 is 0. The van der Waals surface area contributed by atoms with E-state index in [1.165, 1.54) is 0 Å². The van der Waals surface area contributed by atoms with E-state index in [0.717, 1.165) is 43.0 Å². The van der Waals surface area contributed by atoms with E-state index in [-0.39, 0.29) is 11.8 Å². The van der Waals surface area contributed by atoms with E-state index in [4.69, 9.17) is 11.0 Å². The number of anilines is 2. The highest BCUT2D eigenvalue weighted by Crippen LogP contribution is 2.25. The summed E-state index contributed by atoms with van der Waals surface area (Å²) in [6.07, 6.45) is 3.34. The topological polar surface area (TPSA) is 95.0 Å². The molecule has 128 valence electrons. The molecular formula is C19H21N5O. The molecule has 1 aromatic carbocycles. The minimum Gasteiger partial charge on any atom is -0.381 e. The summed E-state index contributed by atoms with van der Waals surface area (Å²) in [6, 6.07) is 13.5. The molecule has 3 rings (SSSR count). The van der Waals surface area contributed by atoms with Gasteiger partial charge in [-0.3, -0.25) is 4.79 Å². The third-order valence-electron chi connectivity index (χ3n) is 4.56. The lowest BCUT2D eigenvalue weighted by molar-refractivity contribution is -0.122. The Morgan fingerprint density at radius 2 is 2.00 bits per heavy atom. The Morgan fingerprint density at radius 1 is 1.28 bits per heavy atom. The lowest BCUT2D eigenvalue weighted by Gasteiger charge is -2.32. The molecule has 0 unspecified atom stereocenters. The number of nitrogens with two attached hydrogens (primary N) is 1. The zero-order valence-corrected chi connectivity index (χ0v) is 14.0. The van der Waals surface area contributed by atoms with E-state index in [2.05, 4.69) is 27.3 Å². The predicted octanol–water partition coefficient (Wildman–Crippen LogP) is 2.27. The van der Waals surface area contributed by atoms with Gasteiger partial charge in [0.25, 0.3) is 0 Å². The maximum atomic E-state index is 11.3. The van der Waals surface area contributed by atoms with Gasteiger partial charge < -0.3 is 16.0 Å². The number of hydrogen-bond acceptors (Lipinski definition) is 5. The first-order valence-corrected chi connectivity index (χ1v) is 8.39. The van der Waals surface area contributed by atoms with Gasteiger partial charge in [-0.2, -0.15) is 5.26 Å². The molecule has 3 N–H and O–H groups in total. The van der Waals surface area contributed by atoms with Gasteiger partial charge in [-0.05, 0) is 43.2 Å². The fourth-order valence-corrected chi connectivity index (χ4v) is 3.09. The van der Waals surface area contributed by atoms with E-state index in [1.807, 2.05) is 18.2 Å². The average molecular weight is 335 g/mol. The van der Waals surface area contributed by atoms with Crippen LogP contribution in [0.25, 0.3) is 0 Å². The van der Waals surface area contributed by atoms with Crippen molar-refractivity contribution in [3.05, 3.63) is 53.7 Å². The van der Waals surface area contributed by atoms with Crippen molar-refractivity contribution < 1.29 is 4.79 Å². The molecule has 1 aromatic heterocycles. The molecule has 2 heterocycles. The number of pyridine rings is 1. The first kappa shape index (κ1) is 16.8. The molecular weight excluding hydrogens is 314 g/mol. The number of nitrogens with zero attached hydrogens (tertiary/aromatic N) is 3. The van der Waals surface area contributed by atoms with E-state index >= 15 is 0 Å². The number of piperidine rings is 1. The van der Waals surface area contributed by atoms with Crippen LogP contribution in [-0.4, -0.2) is 24.0 Å². The number of rotatable bonds is 5. The van der Waals surface area contributed by atoms with Crippen molar-refractivity contribution in [2.75, 3.05) is 23.3 Å². The number of nitrogens with one attached hydrogen (secondary N) is 1. The Bertz CT molecular complexity index is 773. The molecule has 6 heteroatoms. The molecule has 2 aromatic rings. The molecule has 1 amide bonds. The lowest BCUT2D eigenvalue weighted by atomic mass is 9.96. The molecule has 0 bridgehead atoms. The highest BCUT2D eigenvalue weighted by Gasteiger charge is 2.24. The van der Waals surface area contributed by atoms with Crippen LogP contribution in [0.1, 0.15) is 24.0 Å². The molecule has 0 radical (unpaired) electrons. The Kier molecular flexibility index (Phi) is 5.14. The van der Waals surface area contributed by atoms with Gasteiger partial charge in [-0.1, -0.05) is 6.07 Å². The summed E-state index contributed by atoms with van der Waals surface area (Å²) in [6.45, 7) is 2.22. The molecule has 0 saturated carbocycles. The minimum absolute atomic E-state index is 0.0276. The van der Waals surface area contributed by atoms with Gasteiger partial charge in [-0.25, -0.2) is 4.98 Å². The van der Waals surface area contributed by atoms with E-state index in [1.54, 1.807) is 18.3 Å². The fraction of sp³-hybridized carbons (Fsp3) is 0.316. The second-order valence-electron chi connectivity index (χ2n) is 6.19. The fourth-order valence-electron chi connectivity index (χ4n) is 3.09. The van der Waals surface area contributed by atoms with Crippen LogP contribution in [0.15, 0.2) is 42.6 Å². The van der Waals surface area contributed by atoms with Crippen LogP contribution in [0.5, 0.6) is 0 Å². The summed E-state index contributed by atoms with van der Waals surface area (Å²) in [5, 5.41) is 12.2. The quantitative estimate of drug-likeness (QED) is 0.874. The van der Waals surface area contributed by atoms with Crippen molar-refractivity contribution in [1.29, 1.82) is 5.26 Å². The summed E-state index contributed by atoms with van der Waals surface area (Å²) in [5.74, 6) is 0.718. The molecule has 6 nitrogen and oxygen atoms in total. The summed E-state index contributed by atoms with van der Waals surface area (Å²) in [7, 11) is 0. The molecule has 1 saturated heterocycles. The Labute approximate surface area is 147 Å². The molecule has 0 atom stereocenters. The number of amides is 1. The third-order valence-corrected chi connectivity index (χ3v) is 4.56. The van der Waals surface area contributed by atoms with Crippen molar-refractivity contribution in [3.63, 3.8) is 0 Å². The van der Waals surface area contributed by atoms with Gasteiger partial charge in [0.1, 0.15) is 5.82 Å². The molecule has 1 aliphatic rings. The van der Waals surface area contributed by atoms with Crippen LogP contribution in [0.4, 0.5) is 11.5 Å². The number of carbonyl (C=O) groups excluding carboxylic acids is 1. The predicted molar refractivity (Wildman–Crippen MR) is 96.9 cm³/mol. The van der Waals surface area contributed by atoms with Crippen LogP contribution in [0.3, 0.4) is 0 Å². The summed E-state index contributed by atoms with van der Waals surface area (Å²) >= 11 is 0. The van der Waals surface area contributed by atoms with Crippen molar-refractivity contribution in [2.24, 2.45) is 11.7 Å². The van der Waals surface area contributed by atoms with Crippen molar-refractivity contribution in [2.45, 2.75) is 19.4 Å². The molecule has 0 aliphatic carbocycles. The highest BCUT2D eigenvalue weighted by atomic mass is 16.1. The van der Waals surface area contributed by atoms with Crippen LogP contribution in [0, 0.1) is 17.2 Å². The van der Waals surface area contributed by atoms with Crippen molar-refractivity contribution in [1.82, 2.24) is 4.98 Å². The van der Waals surface area contributed by atoms with Crippen LogP contribution in [0.2, 0.25) is 0 Å². The molecule has 25 heavy (non-hydrogen) atoms. The van der Waals surface area contributed by atoms with E-state index in [9.17, 15) is 4.79 Å². The van der Waals surface area contributed by atoms with Crippen LogP contribution in [-0.2, 0) is 11.3 Å². The minimum atomic E-state index is -0.205. The Hall–Kier alpha value is -3.07. The number of benzene rings is 1. The SMILES string of the molecule is N#Cc1ccc(NCc2cccnc2N2CCC(C(N)=O)CC2)cc1. The Morgan fingerprint density at radius 3 is 2.64 bits per heavy atom.